The Morgan fingerprint density at radius 1 is 1.07 bits per heavy atom. The van der Waals surface area contributed by atoms with Gasteiger partial charge in [-0.2, -0.15) is 0 Å². The number of aromatic nitrogens is 4. The Balaban J connectivity index is 1.15. The van der Waals surface area contributed by atoms with E-state index >= 15 is 0 Å². The first kappa shape index (κ1) is 18.5. The van der Waals surface area contributed by atoms with Crippen LogP contribution in [0.5, 0.6) is 5.88 Å². The SMILES string of the molecule is NC(=O)c1cccnc1OC1CC2(CC(Nc3nccc(-c4cccnc4)n3)C2)C1. The number of ether oxygens (including phenoxy) is 1. The summed E-state index contributed by atoms with van der Waals surface area (Å²) in [6, 6.07) is 9.44. The maximum Gasteiger partial charge on any atom is 0.254 e. The molecule has 1 amide bonds. The molecule has 3 heterocycles. The van der Waals surface area contributed by atoms with Crippen LogP contribution in [0.2, 0.25) is 0 Å². The van der Waals surface area contributed by atoms with E-state index in [4.69, 9.17) is 10.5 Å². The summed E-state index contributed by atoms with van der Waals surface area (Å²) >= 11 is 0. The topological polar surface area (TPSA) is 116 Å². The molecular formula is C22H22N6O2. The molecule has 2 fully saturated rings. The van der Waals surface area contributed by atoms with E-state index in [0.29, 0.717) is 28.8 Å². The van der Waals surface area contributed by atoms with Gasteiger partial charge in [0.15, 0.2) is 0 Å². The number of hydrogen-bond donors (Lipinski definition) is 2. The predicted molar refractivity (Wildman–Crippen MR) is 111 cm³/mol. The second-order valence-corrected chi connectivity index (χ2v) is 8.13. The number of carbonyl (C=O) groups is 1. The molecule has 0 saturated heterocycles. The average molecular weight is 402 g/mol. The Hall–Kier alpha value is -3.55. The Morgan fingerprint density at radius 3 is 2.67 bits per heavy atom. The summed E-state index contributed by atoms with van der Waals surface area (Å²) in [7, 11) is 0. The van der Waals surface area contributed by atoms with Gasteiger partial charge in [0.1, 0.15) is 11.7 Å². The molecular weight excluding hydrogens is 380 g/mol. The third-order valence-electron chi connectivity index (χ3n) is 5.94. The molecule has 0 aromatic carbocycles. The van der Waals surface area contributed by atoms with Gasteiger partial charge >= 0.3 is 0 Å². The van der Waals surface area contributed by atoms with E-state index in [9.17, 15) is 4.79 Å². The Labute approximate surface area is 173 Å². The highest BCUT2D eigenvalue weighted by Gasteiger charge is 2.54. The first-order chi connectivity index (χ1) is 14.6. The van der Waals surface area contributed by atoms with Crippen molar-refractivity contribution in [2.75, 3.05) is 5.32 Å². The van der Waals surface area contributed by atoms with Crippen LogP contribution in [0.1, 0.15) is 36.0 Å². The molecule has 3 aromatic rings. The lowest BCUT2D eigenvalue weighted by molar-refractivity contribution is -0.0760. The zero-order valence-corrected chi connectivity index (χ0v) is 16.4. The van der Waals surface area contributed by atoms with Crippen molar-refractivity contribution in [2.45, 2.75) is 37.8 Å². The second-order valence-electron chi connectivity index (χ2n) is 8.13. The lowest BCUT2D eigenvalue weighted by Crippen LogP contribution is -2.56. The van der Waals surface area contributed by atoms with Gasteiger partial charge in [-0.3, -0.25) is 9.78 Å². The van der Waals surface area contributed by atoms with Crippen molar-refractivity contribution in [3.63, 3.8) is 0 Å². The van der Waals surface area contributed by atoms with Gasteiger partial charge in [-0.1, -0.05) is 0 Å². The van der Waals surface area contributed by atoms with Gasteiger partial charge in [0.2, 0.25) is 11.8 Å². The van der Waals surface area contributed by atoms with Crippen molar-refractivity contribution < 1.29 is 9.53 Å². The van der Waals surface area contributed by atoms with E-state index < -0.39 is 5.91 Å². The minimum Gasteiger partial charge on any atom is -0.474 e. The van der Waals surface area contributed by atoms with Gasteiger partial charge in [0.25, 0.3) is 5.91 Å². The number of nitrogens with one attached hydrogen (secondary N) is 1. The summed E-state index contributed by atoms with van der Waals surface area (Å²) in [6.45, 7) is 0. The van der Waals surface area contributed by atoms with E-state index in [1.165, 1.54) is 0 Å². The Kier molecular flexibility index (Phi) is 4.54. The van der Waals surface area contributed by atoms with E-state index in [1.807, 2.05) is 18.2 Å². The molecule has 0 unspecified atom stereocenters. The van der Waals surface area contributed by atoms with E-state index in [2.05, 4.69) is 25.3 Å². The first-order valence-electron chi connectivity index (χ1n) is 10.0. The fraction of sp³-hybridized carbons (Fsp3) is 0.318. The molecule has 5 rings (SSSR count). The number of rotatable bonds is 6. The van der Waals surface area contributed by atoms with Crippen LogP contribution < -0.4 is 15.8 Å². The number of carbonyl (C=O) groups excluding carboxylic acids is 1. The normalized spacial score (nSPS) is 24.5. The molecule has 2 aliphatic rings. The lowest BCUT2D eigenvalue weighted by atomic mass is 9.53. The number of primary amides is 1. The highest BCUT2D eigenvalue weighted by atomic mass is 16.5. The molecule has 8 nitrogen and oxygen atoms in total. The maximum atomic E-state index is 11.5. The number of amides is 1. The van der Waals surface area contributed by atoms with Crippen LogP contribution in [0.25, 0.3) is 11.3 Å². The van der Waals surface area contributed by atoms with Crippen molar-refractivity contribution >= 4 is 11.9 Å². The average Bonchev–Trinajstić information content (AvgIpc) is 2.72. The molecule has 0 bridgehead atoms. The maximum absolute atomic E-state index is 11.5. The van der Waals surface area contributed by atoms with Crippen LogP contribution >= 0.6 is 0 Å². The largest absolute Gasteiger partial charge is 0.474 e. The molecule has 8 heteroatoms. The summed E-state index contributed by atoms with van der Waals surface area (Å²) in [5.41, 5.74) is 7.85. The smallest absolute Gasteiger partial charge is 0.254 e. The summed E-state index contributed by atoms with van der Waals surface area (Å²) in [5.74, 6) is 0.455. The molecule has 0 atom stereocenters. The monoisotopic (exact) mass is 402 g/mol. The van der Waals surface area contributed by atoms with Gasteiger partial charge in [-0.25, -0.2) is 15.0 Å². The van der Waals surface area contributed by atoms with E-state index in [1.54, 1.807) is 36.9 Å². The van der Waals surface area contributed by atoms with Crippen LogP contribution in [0, 0.1) is 5.41 Å². The zero-order chi connectivity index (χ0) is 20.6. The van der Waals surface area contributed by atoms with Crippen LogP contribution in [-0.2, 0) is 0 Å². The fourth-order valence-electron chi connectivity index (χ4n) is 4.53. The standard InChI is InChI=1S/C22H22N6O2/c23-19(29)17-4-2-7-25-20(17)30-16-11-22(12-16)9-15(10-22)27-21-26-8-5-18(28-21)14-3-1-6-24-13-14/h1-8,13,15-16H,9-12H2,(H2,23,29)(H,26,27,28). The highest BCUT2D eigenvalue weighted by molar-refractivity contribution is 5.94. The number of nitrogens with two attached hydrogens (primary N) is 1. The molecule has 2 saturated carbocycles. The van der Waals surface area contributed by atoms with E-state index in [-0.39, 0.29) is 6.10 Å². The fourth-order valence-corrected chi connectivity index (χ4v) is 4.53. The van der Waals surface area contributed by atoms with Crippen molar-refractivity contribution in [1.82, 2.24) is 19.9 Å². The number of pyridine rings is 2. The predicted octanol–water partition coefficient (Wildman–Crippen LogP) is 2.83. The van der Waals surface area contributed by atoms with Crippen molar-refractivity contribution in [3.8, 4) is 17.1 Å². The van der Waals surface area contributed by atoms with Crippen molar-refractivity contribution in [1.29, 1.82) is 0 Å². The Morgan fingerprint density at radius 2 is 1.90 bits per heavy atom. The second kappa shape index (κ2) is 7.37. The minimum atomic E-state index is -0.520. The van der Waals surface area contributed by atoms with E-state index in [0.717, 1.165) is 36.9 Å². The van der Waals surface area contributed by atoms with Crippen molar-refractivity contribution in [3.05, 3.63) is 60.7 Å². The van der Waals surface area contributed by atoms with Crippen LogP contribution in [0.3, 0.4) is 0 Å². The molecule has 3 N–H and O–H groups in total. The summed E-state index contributed by atoms with van der Waals surface area (Å²) in [5, 5.41) is 3.44. The summed E-state index contributed by atoms with van der Waals surface area (Å²) in [6.07, 6.45) is 11.0. The summed E-state index contributed by atoms with van der Waals surface area (Å²) < 4.78 is 5.93. The molecule has 1 spiro atoms. The van der Waals surface area contributed by atoms with Gasteiger partial charge < -0.3 is 15.8 Å². The van der Waals surface area contributed by atoms with Crippen LogP contribution in [0.15, 0.2) is 55.1 Å². The van der Waals surface area contributed by atoms with Gasteiger partial charge in [0.05, 0.1) is 5.69 Å². The third-order valence-corrected chi connectivity index (χ3v) is 5.94. The number of anilines is 1. The van der Waals surface area contributed by atoms with Gasteiger partial charge in [0, 0.05) is 36.4 Å². The number of hydrogen-bond acceptors (Lipinski definition) is 7. The highest BCUT2D eigenvalue weighted by Crippen LogP contribution is 2.57. The van der Waals surface area contributed by atoms with Gasteiger partial charge in [-0.05, 0) is 61.4 Å². The van der Waals surface area contributed by atoms with Crippen LogP contribution in [0.4, 0.5) is 5.95 Å². The molecule has 0 radical (unpaired) electrons. The zero-order valence-electron chi connectivity index (χ0n) is 16.4. The van der Waals surface area contributed by atoms with Crippen LogP contribution in [-0.4, -0.2) is 38.0 Å². The molecule has 2 aliphatic carbocycles. The molecule has 30 heavy (non-hydrogen) atoms. The van der Waals surface area contributed by atoms with Crippen molar-refractivity contribution in [2.24, 2.45) is 11.1 Å². The molecule has 0 aliphatic heterocycles. The first-order valence-corrected chi connectivity index (χ1v) is 10.0. The molecule has 3 aromatic heterocycles. The summed E-state index contributed by atoms with van der Waals surface area (Å²) in [4.78, 5) is 28.8. The van der Waals surface area contributed by atoms with Gasteiger partial charge in [-0.15, -0.1) is 0 Å². The minimum absolute atomic E-state index is 0.0732. The third kappa shape index (κ3) is 3.56. The lowest BCUT2D eigenvalue weighted by Gasteiger charge is -2.57. The molecule has 152 valence electrons. The quantitative estimate of drug-likeness (QED) is 0.651. The Bertz CT molecular complexity index is 1060. The number of nitrogens with zero attached hydrogens (tertiary/aromatic N) is 4.